The summed E-state index contributed by atoms with van der Waals surface area (Å²) in [7, 11) is 1.39. The molecular weight excluding hydrogens is 200 g/mol. The van der Waals surface area contributed by atoms with E-state index in [0.717, 1.165) is 5.06 Å². The molecule has 0 atom stereocenters. The summed E-state index contributed by atoms with van der Waals surface area (Å²) in [6, 6.07) is 4.16. The van der Waals surface area contributed by atoms with E-state index < -0.39 is 4.92 Å². The predicted octanol–water partition coefficient (Wildman–Crippen LogP) is 1.11. The lowest BCUT2D eigenvalue weighted by Gasteiger charge is -2.09. The van der Waals surface area contributed by atoms with Crippen LogP contribution in [0.5, 0.6) is 0 Å². The molecule has 0 unspecified atom stereocenters. The van der Waals surface area contributed by atoms with Gasteiger partial charge in [-0.3, -0.25) is 19.7 Å². The summed E-state index contributed by atoms with van der Waals surface area (Å²) in [5, 5.41) is 11.7. The zero-order chi connectivity index (χ0) is 11.0. The number of carbonyl (C=O) groups excluding carboxylic acids is 1. The van der Waals surface area contributed by atoms with Gasteiger partial charge >= 0.3 is 0 Å². The summed E-state index contributed by atoms with van der Waals surface area (Å²) in [6.45, 7) is 0.256. The number of non-ortho nitro benzene ring substituents is 1. The normalized spacial score (nSPS) is 14.2. The number of hydrogen-bond donors (Lipinski definition) is 0. The molecule has 6 nitrogen and oxygen atoms in total. The first kappa shape index (κ1) is 9.60. The van der Waals surface area contributed by atoms with Crippen molar-refractivity contribution in [3.8, 4) is 0 Å². The van der Waals surface area contributed by atoms with Gasteiger partial charge in [0.2, 0.25) is 0 Å². The van der Waals surface area contributed by atoms with Crippen LogP contribution >= 0.6 is 0 Å². The fourth-order valence-corrected chi connectivity index (χ4v) is 1.54. The molecule has 1 aromatic carbocycles. The Labute approximate surface area is 85.2 Å². The highest BCUT2D eigenvalue weighted by molar-refractivity contribution is 5.97. The Bertz CT molecular complexity index is 444. The Kier molecular flexibility index (Phi) is 2.12. The number of carbonyl (C=O) groups is 1. The molecule has 0 N–H and O–H groups in total. The lowest BCUT2D eigenvalue weighted by molar-refractivity contribution is -0.384. The first-order valence-corrected chi connectivity index (χ1v) is 4.27. The monoisotopic (exact) mass is 208 g/mol. The molecule has 1 aromatic rings. The molecule has 0 spiro atoms. The maximum absolute atomic E-state index is 11.5. The molecule has 0 aromatic heterocycles. The molecule has 0 saturated heterocycles. The van der Waals surface area contributed by atoms with Crippen LogP contribution in [-0.4, -0.2) is 23.0 Å². The number of hydrogen-bond acceptors (Lipinski definition) is 4. The minimum Gasteiger partial charge on any atom is -0.274 e. The van der Waals surface area contributed by atoms with Gasteiger partial charge in [0.1, 0.15) is 0 Å². The molecule has 0 bridgehead atoms. The van der Waals surface area contributed by atoms with Crippen molar-refractivity contribution in [2.75, 3.05) is 7.11 Å². The minimum absolute atomic E-state index is 0.0143. The Morgan fingerprint density at radius 1 is 1.53 bits per heavy atom. The van der Waals surface area contributed by atoms with E-state index in [1.54, 1.807) is 0 Å². The van der Waals surface area contributed by atoms with Gasteiger partial charge < -0.3 is 0 Å². The van der Waals surface area contributed by atoms with Gasteiger partial charge in [-0.2, -0.15) is 0 Å². The average Bonchev–Trinajstić information content (AvgIpc) is 2.55. The van der Waals surface area contributed by atoms with Crippen molar-refractivity contribution < 1.29 is 14.6 Å². The largest absolute Gasteiger partial charge is 0.278 e. The van der Waals surface area contributed by atoms with Crippen molar-refractivity contribution in [2.24, 2.45) is 0 Å². The van der Waals surface area contributed by atoms with Crippen LogP contribution in [-0.2, 0) is 11.4 Å². The van der Waals surface area contributed by atoms with Crippen molar-refractivity contribution in [2.45, 2.75) is 6.54 Å². The molecule has 2 rings (SSSR count). The number of amides is 1. The van der Waals surface area contributed by atoms with Crippen LogP contribution in [0.1, 0.15) is 15.9 Å². The maximum Gasteiger partial charge on any atom is 0.278 e. The molecule has 0 saturated carbocycles. The van der Waals surface area contributed by atoms with Gasteiger partial charge in [-0.05, 0) is 11.6 Å². The fraction of sp³-hybridized carbons (Fsp3) is 0.222. The Morgan fingerprint density at radius 2 is 2.27 bits per heavy atom. The van der Waals surface area contributed by atoms with Gasteiger partial charge in [0.05, 0.1) is 18.6 Å². The summed E-state index contributed by atoms with van der Waals surface area (Å²) < 4.78 is 0. The van der Waals surface area contributed by atoms with Crippen molar-refractivity contribution in [1.82, 2.24) is 5.06 Å². The highest BCUT2D eigenvalue weighted by Crippen LogP contribution is 2.26. The smallest absolute Gasteiger partial charge is 0.274 e. The van der Waals surface area contributed by atoms with Gasteiger partial charge in [0.15, 0.2) is 0 Å². The minimum atomic E-state index is -0.486. The number of nitro benzene ring substituents is 1. The molecule has 15 heavy (non-hydrogen) atoms. The Morgan fingerprint density at radius 3 is 2.87 bits per heavy atom. The molecule has 1 heterocycles. The maximum atomic E-state index is 11.5. The second-order valence-electron chi connectivity index (χ2n) is 3.12. The summed E-state index contributed by atoms with van der Waals surface area (Å²) in [6.07, 6.45) is 0. The summed E-state index contributed by atoms with van der Waals surface area (Å²) in [5.41, 5.74) is 1.07. The molecule has 78 valence electrons. The van der Waals surface area contributed by atoms with Gasteiger partial charge in [-0.1, -0.05) is 0 Å². The third kappa shape index (κ3) is 1.44. The van der Waals surface area contributed by atoms with E-state index in [-0.39, 0.29) is 18.1 Å². The SMILES string of the molecule is CON1Cc2cc([N+](=O)[O-])ccc2C1=O. The zero-order valence-electron chi connectivity index (χ0n) is 7.97. The first-order chi connectivity index (χ1) is 7.13. The molecule has 6 heteroatoms. The van der Waals surface area contributed by atoms with Crippen molar-refractivity contribution in [1.29, 1.82) is 0 Å². The first-order valence-electron chi connectivity index (χ1n) is 4.27. The lowest BCUT2D eigenvalue weighted by Crippen LogP contribution is -2.21. The Hall–Kier alpha value is -1.95. The topological polar surface area (TPSA) is 72.7 Å². The summed E-state index contributed by atoms with van der Waals surface area (Å²) in [4.78, 5) is 26.4. The molecule has 1 aliphatic rings. The highest BCUT2D eigenvalue weighted by Gasteiger charge is 2.28. The quantitative estimate of drug-likeness (QED) is 0.539. The van der Waals surface area contributed by atoms with Gasteiger partial charge in [-0.25, -0.2) is 5.06 Å². The number of nitro groups is 1. The van der Waals surface area contributed by atoms with E-state index in [1.165, 1.54) is 25.3 Å². The van der Waals surface area contributed by atoms with Gasteiger partial charge in [0, 0.05) is 17.7 Å². The number of hydroxylamine groups is 2. The highest BCUT2D eigenvalue weighted by atomic mass is 16.7. The second-order valence-corrected chi connectivity index (χ2v) is 3.12. The second kappa shape index (κ2) is 3.32. The third-order valence-corrected chi connectivity index (χ3v) is 2.29. The molecule has 0 radical (unpaired) electrons. The number of nitrogens with zero attached hydrogens (tertiary/aromatic N) is 2. The third-order valence-electron chi connectivity index (χ3n) is 2.29. The van der Waals surface area contributed by atoms with E-state index in [9.17, 15) is 14.9 Å². The fourth-order valence-electron chi connectivity index (χ4n) is 1.54. The van der Waals surface area contributed by atoms with Gasteiger partial charge in [0.25, 0.3) is 11.6 Å². The van der Waals surface area contributed by atoms with Crippen LogP contribution in [0.25, 0.3) is 0 Å². The van der Waals surface area contributed by atoms with Crippen molar-refractivity contribution in [3.05, 3.63) is 39.4 Å². The van der Waals surface area contributed by atoms with E-state index in [1.807, 2.05) is 0 Å². The number of benzene rings is 1. The zero-order valence-corrected chi connectivity index (χ0v) is 7.97. The lowest BCUT2D eigenvalue weighted by atomic mass is 10.1. The van der Waals surface area contributed by atoms with Crippen LogP contribution in [0.2, 0.25) is 0 Å². The van der Waals surface area contributed by atoms with E-state index in [4.69, 9.17) is 4.84 Å². The summed E-state index contributed by atoms with van der Waals surface area (Å²) >= 11 is 0. The standard InChI is InChI=1S/C9H8N2O4/c1-15-10-5-6-4-7(11(13)14)2-3-8(6)9(10)12/h2-4H,5H2,1H3. The Balaban J connectivity index is 2.42. The van der Waals surface area contributed by atoms with Crippen LogP contribution < -0.4 is 0 Å². The molecule has 1 aliphatic heterocycles. The molecule has 1 amide bonds. The van der Waals surface area contributed by atoms with Crippen molar-refractivity contribution in [3.63, 3.8) is 0 Å². The van der Waals surface area contributed by atoms with Crippen LogP contribution in [0, 0.1) is 10.1 Å². The summed E-state index contributed by atoms with van der Waals surface area (Å²) in [5.74, 6) is -0.262. The van der Waals surface area contributed by atoms with E-state index in [0.29, 0.717) is 11.1 Å². The number of rotatable bonds is 2. The predicted molar refractivity (Wildman–Crippen MR) is 50.0 cm³/mol. The van der Waals surface area contributed by atoms with Crippen LogP contribution in [0.4, 0.5) is 5.69 Å². The van der Waals surface area contributed by atoms with Crippen LogP contribution in [0.15, 0.2) is 18.2 Å². The van der Waals surface area contributed by atoms with E-state index >= 15 is 0 Å². The number of fused-ring (bicyclic) bond motifs is 1. The molecule has 0 fully saturated rings. The molecular formula is C9H8N2O4. The molecule has 0 aliphatic carbocycles. The van der Waals surface area contributed by atoms with Gasteiger partial charge in [-0.15, -0.1) is 0 Å². The average molecular weight is 208 g/mol. The van der Waals surface area contributed by atoms with Crippen molar-refractivity contribution >= 4 is 11.6 Å². The van der Waals surface area contributed by atoms with Crippen LogP contribution in [0.3, 0.4) is 0 Å². The van der Waals surface area contributed by atoms with E-state index in [2.05, 4.69) is 0 Å².